The molecule has 1 aromatic rings. The van der Waals surface area contributed by atoms with E-state index in [-0.39, 0.29) is 24.6 Å². The van der Waals surface area contributed by atoms with Crippen LogP contribution in [-0.4, -0.2) is 18.4 Å². The van der Waals surface area contributed by atoms with Crippen molar-refractivity contribution in [1.29, 1.82) is 0 Å². The fraction of sp³-hybridized carbons (Fsp3) is 0.429. The lowest BCUT2D eigenvalue weighted by Gasteiger charge is -2.04. The molecule has 0 aliphatic carbocycles. The summed E-state index contributed by atoms with van der Waals surface area (Å²) in [5.74, 6) is -0.522. The van der Waals surface area contributed by atoms with Crippen molar-refractivity contribution in [3.8, 4) is 0 Å². The van der Waals surface area contributed by atoms with E-state index in [1.165, 1.54) is 12.1 Å². The van der Waals surface area contributed by atoms with Gasteiger partial charge in [0.15, 0.2) is 5.78 Å². The van der Waals surface area contributed by atoms with Crippen LogP contribution in [0.25, 0.3) is 0 Å². The molecule has 0 bridgehead atoms. The van der Waals surface area contributed by atoms with Gasteiger partial charge in [-0.05, 0) is 24.6 Å². The molecule has 0 aromatic heterocycles. The molecule has 19 heavy (non-hydrogen) atoms. The van der Waals surface area contributed by atoms with Gasteiger partial charge in [-0.25, -0.2) is 0 Å². The molecule has 0 unspecified atom stereocenters. The molecule has 5 heteroatoms. The first-order chi connectivity index (χ1) is 9.02. The molecule has 104 valence electrons. The molecule has 0 atom stereocenters. The number of hydrogen-bond acceptors (Lipinski definition) is 3. The highest BCUT2D eigenvalue weighted by molar-refractivity contribution is 6.35. The zero-order valence-electron chi connectivity index (χ0n) is 10.7. The van der Waals surface area contributed by atoms with E-state index < -0.39 is 0 Å². The van der Waals surface area contributed by atoms with Crippen molar-refractivity contribution in [1.82, 2.24) is 0 Å². The van der Waals surface area contributed by atoms with E-state index in [1.807, 2.05) is 6.92 Å². The highest BCUT2D eigenvalue weighted by Crippen LogP contribution is 2.20. The van der Waals surface area contributed by atoms with Crippen LogP contribution < -0.4 is 0 Å². The van der Waals surface area contributed by atoms with Crippen LogP contribution in [0.5, 0.6) is 0 Å². The number of benzene rings is 1. The molecule has 0 amide bonds. The first-order valence-electron chi connectivity index (χ1n) is 6.18. The maximum atomic E-state index is 11.9. The predicted molar refractivity (Wildman–Crippen MR) is 75.9 cm³/mol. The van der Waals surface area contributed by atoms with E-state index in [9.17, 15) is 9.59 Å². The third kappa shape index (κ3) is 6.08. The van der Waals surface area contributed by atoms with Crippen LogP contribution in [0.2, 0.25) is 10.0 Å². The average molecular weight is 303 g/mol. The Bertz CT molecular complexity index is 438. The summed E-state index contributed by atoms with van der Waals surface area (Å²) in [5, 5.41) is 0.808. The number of rotatable bonds is 7. The first kappa shape index (κ1) is 16.0. The summed E-state index contributed by atoms with van der Waals surface area (Å²) in [7, 11) is 0. The lowest BCUT2D eigenvalue weighted by molar-refractivity contribution is -0.143. The summed E-state index contributed by atoms with van der Waals surface area (Å²) >= 11 is 11.6. The molecule has 0 radical (unpaired) electrons. The third-order valence-corrected chi connectivity index (χ3v) is 2.94. The Morgan fingerprint density at radius 3 is 2.32 bits per heavy atom. The van der Waals surface area contributed by atoms with E-state index in [4.69, 9.17) is 27.9 Å². The maximum absolute atomic E-state index is 11.9. The van der Waals surface area contributed by atoms with Gasteiger partial charge >= 0.3 is 5.97 Å². The van der Waals surface area contributed by atoms with Gasteiger partial charge in [-0.2, -0.15) is 0 Å². The monoisotopic (exact) mass is 302 g/mol. The van der Waals surface area contributed by atoms with Crippen molar-refractivity contribution in [2.45, 2.75) is 32.6 Å². The van der Waals surface area contributed by atoms with Gasteiger partial charge in [0.25, 0.3) is 0 Å². The summed E-state index contributed by atoms with van der Waals surface area (Å²) in [5.41, 5.74) is 0.416. The number of carbonyl (C=O) groups excluding carboxylic acids is 2. The Morgan fingerprint density at radius 2 is 1.74 bits per heavy atom. The molecule has 1 aromatic carbocycles. The Kier molecular flexibility index (Phi) is 6.89. The normalized spacial score (nSPS) is 10.3. The van der Waals surface area contributed by atoms with Crippen molar-refractivity contribution in [2.75, 3.05) is 6.61 Å². The SMILES string of the molecule is CCCCOC(=O)CCC(=O)c1cc(Cl)cc(Cl)c1. The second kappa shape index (κ2) is 8.18. The zero-order valence-corrected chi connectivity index (χ0v) is 12.3. The van der Waals surface area contributed by atoms with Crippen LogP contribution in [0.15, 0.2) is 18.2 Å². The van der Waals surface area contributed by atoms with Crippen molar-refractivity contribution in [3.05, 3.63) is 33.8 Å². The number of carbonyl (C=O) groups is 2. The Balaban J connectivity index is 2.44. The fourth-order valence-corrected chi connectivity index (χ4v) is 2.00. The summed E-state index contributed by atoms with van der Waals surface area (Å²) in [6.07, 6.45) is 1.98. The standard InChI is InChI=1S/C14H16Cl2O3/c1-2-3-6-19-14(18)5-4-13(17)10-7-11(15)9-12(16)8-10/h7-9H,2-6H2,1H3. The van der Waals surface area contributed by atoms with Gasteiger partial charge in [0.2, 0.25) is 0 Å². The molecule has 0 aliphatic rings. The highest BCUT2D eigenvalue weighted by Gasteiger charge is 2.11. The molecule has 0 N–H and O–H groups in total. The predicted octanol–water partition coefficient (Wildman–Crippen LogP) is 4.30. The minimum atomic E-state index is -0.352. The second-order valence-electron chi connectivity index (χ2n) is 4.16. The van der Waals surface area contributed by atoms with Gasteiger partial charge < -0.3 is 4.74 Å². The lowest BCUT2D eigenvalue weighted by atomic mass is 10.1. The molecule has 0 fully saturated rings. The molecule has 3 nitrogen and oxygen atoms in total. The maximum Gasteiger partial charge on any atom is 0.306 e. The quantitative estimate of drug-likeness (QED) is 0.428. The van der Waals surface area contributed by atoms with Crippen molar-refractivity contribution in [2.24, 2.45) is 0 Å². The van der Waals surface area contributed by atoms with Gasteiger partial charge in [0, 0.05) is 22.0 Å². The van der Waals surface area contributed by atoms with E-state index in [0.717, 1.165) is 12.8 Å². The fourth-order valence-electron chi connectivity index (χ4n) is 1.48. The molecule has 0 spiro atoms. The molecular weight excluding hydrogens is 287 g/mol. The van der Waals surface area contributed by atoms with E-state index in [1.54, 1.807) is 6.07 Å². The Hall–Kier alpha value is -1.06. The van der Waals surface area contributed by atoms with Gasteiger partial charge in [-0.15, -0.1) is 0 Å². The van der Waals surface area contributed by atoms with Crippen LogP contribution in [0.1, 0.15) is 43.0 Å². The van der Waals surface area contributed by atoms with Crippen LogP contribution in [-0.2, 0) is 9.53 Å². The average Bonchev–Trinajstić information content (AvgIpc) is 2.35. The summed E-state index contributed by atoms with van der Waals surface area (Å²) in [6.45, 7) is 2.42. The minimum absolute atomic E-state index is 0.0761. The van der Waals surface area contributed by atoms with Crippen LogP contribution in [0.3, 0.4) is 0 Å². The lowest BCUT2D eigenvalue weighted by Crippen LogP contribution is -2.09. The van der Waals surface area contributed by atoms with E-state index >= 15 is 0 Å². The van der Waals surface area contributed by atoms with Gasteiger partial charge in [0.1, 0.15) is 0 Å². The second-order valence-corrected chi connectivity index (χ2v) is 5.03. The number of halogens is 2. The molecule has 0 aliphatic heterocycles. The minimum Gasteiger partial charge on any atom is -0.466 e. The first-order valence-corrected chi connectivity index (χ1v) is 6.93. The van der Waals surface area contributed by atoms with E-state index in [2.05, 4.69) is 0 Å². The molecule has 0 saturated carbocycles. The number of Topliss-reactive ketones (excluding diaryl/α,β-unsaturated/α-hetero) is 1. The van der Waals surface area contributed by atoms with Gasteiger partial charge in [-0.3, -0.25) is 9.59 Å². The zero-order chi connectivity index (χ0) is 14.3. The van der Waals surface area contributed by atoms with Gasteiger partial charge in [-0.1, -0.05) is 36.5 Å². The molecular formula is C14H16Cl2O3. The molecule has 0 saturated heterocycles. The molecule has 0 heterocycles. The summed E-state index contributed by atoms with van der Waals surface area (Å²) in [6, 6.07) is 4.63. The number of hydrogen-bond donors (Lipinski definition) is 0. The van der Waals surface area contributed by atoms with Crippen molar-refractivity contribution >= 4 is 35.0 Å². The number of ketones is 1. The van der Waals surface area contributed by atoms with E-state index in [0.29, 0.717) is 22.2 Å². The third-order valence-electron chi connectivity index (χ3n) is 2.50. The topological polar surface area (TPSA) is 43.4 Å². The number of unbranched alkanes of at least 4 members (excludes halogenated alkanes) is 1. The van der Waals surface area contributed by atoms with Crippen LogP contribution in [0, 0.1) is 0 Å². The number of esters is 1. The largest absolute Gasteiger partial charge is 0.466 e. The Labute approximate surface area is 122 Å². The van der Waals surface area contributed by atoms with Crippen LogP contribution in [0.4, 0.5) is 0 Å². The molecule has 1 rings (SSSR count). The van der Waals surface area contributed by atoms with Crippen LogP contribution >= 0.6 is 23.2 Å². The Morgan fingerprint density at radius 1 is 1.11 bits per heavy atom. The van der Waals surface area contributed by atoms with Crippen molar-refractivity contribution < 1.29 is 14.3 Å². The van der Waals surface area contributed by atoms with Gasteiger partial charge in [0.05, 0.1) is 13.0 Å². The summed E-state index contributed by atoms with van der Waals surface area (Å²) in [4.78, 5) is 23.2. The van der Waals surface area contributed by atoms with Crippen molar-refractivity contribution in [3.63, 3.8) is 0 Å². The highest BCUT2D eigenvalue weighted by atomic mass is 35.5. The summed E-state index contributed by atoms with van der Waals surface area (Å²) < 4.78 is 4.97. The number of ether oxygens (including phenoxy) is 1. The smallest absolute Gasteiger partial charge is 0.306 e.